The van der Waals surface area contributed by atoms with Gasteiger partial charge in [-0.25, -0.2) is 0 Å². The summed E-state index contributed by atoms with van der Waals surface area (Å²) in [7, 11) is 0. The summed E-state index contributed by atoms with van der Waals surface area (Å²) in [5.74, 6) is 0.0875. The van der Waals surface area contributed by atoms with Crippen LogP contribution in [0.4, 0.5) is 5.69 Å². The summed E-state index contributed by atoms with van der Waals surface area (Å²) in [6.07, 6.45) is 2.35. The maximum atomic E-state index is 11.6. The number of anilines is 1. The molecule has 0 bridgehead atoms. The summed E-state index contributed by atoms with van der Waals surface area (Å²) < 4.78 is 1.38. The molecule has 0 aliphatic carbocycles. The Balaban J connectivity index is 1.95. The van der Waals surface area contributed by atoms with E-state index in [1.807, 2.05) is 18.2 Å². The Morgan fingerprint density at radius 3 is 2.76 bits per heavy atom. The van der Waals surface area contributed by atoms with E-state index in [0.29, 0.717) is 15.1 Å². The first-order chi connectivity index (χ1) is 10.0. The van der Waals surface area contributed by atoms with Gasteiger partial charge < -0.3 is 5.32 Å². The molecule has 0 fully saturated rings. The number of carbonyl (C=O) groups excluding carboxylic acids is 1. The van der Waals surface area contributed by atoms with Crippen molar-refractivity contribution in [3.05, 3.63) is 49.6 Å². The van der Waals surface area contributed by atoms with Crippen molar-refractivity contribution in [2.75, 3.05) is 5.32 Å². The highest BCUT2D eigenvalue weighted by Crippen LogP contribution is 2.42. The van der Waals surface area contributed by atoms with Crippen LogP contribution in [0.15, 0.2) is 24.3 Å². The standard InChI is InChI=1S/C15H12BrCl2NOS/c16-14(10-7-12(17)21-15(10)18)9-4-5-11-8(6-9)2-1-3-13(20)19-11/h4-7,14H,1-3H2,(H,19,20). The Bertz CT molecular complexity index is 701. The second-order valence-corrected chi connectivity index (χ2v) is 8.16. The highest BCUT2D eigenvalue weighted by molar-refractivity contribution is 9.09. The number of amides is 1. The first kappa shape index (κ1) is 15.3. The van der Waals surface area contributed by atoms with Crippen LogP contribution in [-0.4, -0.2) is 5.91 Å². The maximum Gasteiger partial charge on any atom is 0.224 e. The lowest BCUT2D eigenvalue weighted by atomic mass is 10.0. The number of aryl methyl sites for hydroxylation is 1. The van der Waals surface area contributed by atoms with E-state index in [1.165, 1.54) is 16.9 Å². The lowest BCUT2D eigenvalue weighted by Gasteiger charge is -2.13. The smallest absolute Gasteiger partial charge is 0.224 e. The molecular weight excluding hydrogens is 393 g/mol. The molecule has 21 heavy (non-hydrogen) atoms. The summed E-state index contributed by atoms with van der Waals surface area (Å²) in [5.41, 5.74) is 4.17. The molecule has 1 aromatic carbocycles. The van der Waals surface area contributed by atoms with Gasteiger partial charge in [-0.3, -0.25) is 4.79 Å². The van der Waals surface area contributed by atoms with Crippen LogP contribution in [0.25, 0.3) is 0 Å². The highest BCUT2D eigenvalue weighted by atomic mass is 79.9. The molecule has 1 aliphatic rings. The maximum absolute atomic E-state index is 11.6. The Morgan fingerprint density at radius 2 is 2.05 bits per heavy atom. The van der Waals surface area contributed by atoms with Gasteiger partial charge >= 0.3 is 0 Å². The molecule has 1 amide bonds. The van der Waals surface area contributed by atoms with Crippen LogP contribution in [0, 0.1) is 0 Å². The molecule has 2 heterocycles. The number of carbonyl (C=O) groups is 1. The molecule has 2 nitrogen and oxygen atoms in total. The molecule has 2 aromatic rings. The molecule has 0 saturated heterocycles. The number of halogens is 3. The summed E-state index contributed by atoms with van der Waals surface area (Å²) in [6.45, 7) is 0. The fourth-order valence-electron chi connectivity index (χ4n) is 2.46. The van der Waals surface area contributed by atoms with Crippen molar-refractivity contribution >= 4 is 62.1 Å². The van der Waals surface area contributed by atoms with Gasteiger partial charge in [0.25, 0.3) is 0 Å². The van der Waals surface area contributed by atoms with E-state index >= 15 is 0 Å². The highest BCUT2D eigenvalue weighted by Gasteiger charge is 2.19. The molecule has 1 N–H and O–H groups in total. The molecule has 0 saturated carbocycles. The van der Waals surface area contributed by atoms with Crippen molar-refractivity contribution in [2.45, 2.75) is 24.1 Å². The van der Waals surface area contributed by atoms with Crippen molar-refractivity contribution in [3.63, 3.8) is 0 Å². The monoisotopic (exact) mass is 403 g/mol. The van der Waals surface area contributed by atoms with Crippen molar-refractivity contribution in [1.82, 2.24) is 0 Å². The van der Waals surface area contributed by atoms with E-state index in [9.17, 15) is 4.79 Å². The first-order valence-corrected chi connectivity index (χ1v) is 9.05. The molecule has 1 aliphatic heterocycles. The number of benzene rings is 1. The van der Waals surface area contributed by atoms with E-state index in [4.69, 9.17) is 23.2 Å². The lowest BCUT2D eigenvalue weighted by molar-refractivity contribution is -0.116. The number of fused-ring (bicyclic) bond motifs is 1. The number of alkyl halides is 1. The van der Waals surface area contributed by atoms with E-state index < -0.39 is 0 Å². The second kappa shape index (κ2) is 6.29. The fraction of sp³-hybridized carbons (Fsp3) is 0.267. The molecule has 6 heteroatoms. The molecule has 1 aromatic heterocycles. The van der Waals surface area contributed by atoms with Gasteiger partial charge in [0.05, 0.1) is 13.5 Å². The van der Waals surface area contributed by atoms with Crippen LogP contribution < -0.4 is 5.32 Å². The first-order valence-electron chi connectivity index (χ1n) is 6.56. The summed E-state index contributed by atoms with van der Waals surface area (Å²) >= 11 is 17.3. The Labute approximate surface area is 145 Å². The number of thiophene rings is 1. The molecule has 1 atom stereocenters. The van der Waals surface area contributed by atoms with Gasteiger partial charge in [-0.1, -0.05) is 51.3 Å². The number of nitrogens with one attached hydrogen (secondary N) is 1. The molecule has 3 rings (SSSR count). The largest absolute Gasteiger partial charge is 0.326 e. The van der Waals surface area contributed by atoms with Gasteiger partial charge in [0.2, 0.25) is 5.91 Å². The minimum Gasteiger partial charge on any atom is -0.326 e. The van der Waals surface area contributed by atoms with E-state index in [1.54, 1.807) is 0 Å². The van der Waals surface area contributed by atoms with Gasteiger partial charge in [0, 0.05) is 17.7 Å². The topological polar surface area (TPSA) is 29.1 Å². The van der Waals surface area contributed by atoms with Crippen LogP contribution in [0.5, 0.6) is 0 Å². The zero-order chi connectivity index (χ0) is 15.0. The van der Waals surface area contributed by atoms with Gasteiger partial charge in [-0.2, -0.15) is 0 Å². The molecule has 110 valence electrons. The third-order valence-electron chi connectivity index (χ3n) is 3.50. The van der Waals surface area contributed by atoms with Crippen molar-refractivity contribution in [3.8, 4) is 0 Å². The Kier molecular flexibility index (Phi) is 4.60. The Hall–Kier alpha value is -0.550. The van der Waals surface area contributed by atoms with Crippen LogP contribution in [0.2, 0.25) is 8.67 Å². The predicted molar refractivity (Wildman–Crippen MR) is 93.1 cm³/mol. The molecule has 0 radical (unpaired) electrons. The molecule has 1 unspecified atom stereocenters. The fourth-order valence-corrected chi connectivity index (χ4v) is 4.92. The van der Waals surface area contributed by atoms with Crippen molar-refractivity contribution in [1.29, 1.82) is 0 Å². The van der Waals surface area contributed by atoms with Gasteiger partial charge in [0.15, 0.2) is 0 Å². The van der Waals surface area contributed by atoms with Crippen LogP contribution in [0.3, 0.4) is 0 Å². The van der Waals surface area contributed by atoms with Crippen molar-refractivity contribution in [2.24, 2.45) is 0 Å². The number of rotatable bonds is 2. The average molecular weight is 405 g/mol. The average Bonchev–Trinajstić information content (AvgIpc) is 2.67. The lowest BCUT2D eigenvalue weighted by Crippen LogP contribution is -2.09. The van der Waals surface area contributed by atoms with Crippen LogP contribution in [0.1, 0.15) is 34.4 Å². The zero-order valence-electron chi connectivity index (χ0n) is 11.0. The zero-order valence-corrected chi connectivity index (χ0v) is 14.9. The van der Waals surface area contributed by atoms with Crippen LogP contribution in [-0.2, 0) is 11.2 Å². The van der Waals surface area contributed by atoms with E-state index in [-0.39, 0.29) is 10.7 Å². The van der Waals surface area contributed by atoms with Gasteiger partial charge in [-0.15, -0.1) is 11.3 Å². The molecular formula is C15H12BrCl2NOS. The number of hydrogen-bond acceptors (Lipinski definition) is 2. The third kappa shape index (κ3) is 3.29. The third-order valence-corrected chi connectivity index (χ3v) is 6.04. The normalized spacial score (nSPS) is 16.0. The summed E-state index contributed by atoms with van der Waals surface area (Å²) in [6, 6.07) is 7.99. The van der Waals surface area contributed by atoms with Crippen LogP contribution >= 0.6 is 50.5 Å². The molecule has 0 spiro atoms. The predicted octanol–water partition coefficient (Wildman–Crippen LogP) is 5.81. The SMILES string of the molecule is O=C1CCCc2cc(C(Br)c3cc(Cl)sc3Cl)ccc2N1. The van der Waals surface area contributed by atoms with Gasteiger partial charge in [-0.05, 0) is 36.1 Å². The van der Waals surface area contributed by atoms with E-state index in [2.05, 4.69) is 27.3 Å². The Morgan fingerprint density at radius 1 is 1.24 bits per heavy atom. The minimum atomic E-state index is -0.00185. The second-order valence-electron chi connectivity index (χ2n) is 4.96. The van der Waals surface area contributed by atoms with E-state index in [0.717, 1.165) is 29.7 Å². The van der Waals surface area contributed by atoms with Crippen molar-refractivity contribution < 1.29 is 4.79 Å². The summed E-state index contributed by atoms with van der Waals surface area (Å²) in [5, 5.41) is 2.94. The quantitative estimate of drug-likeness (QED) is 0.628. The summed E-state index contributed by atoms with van der Waals surface area (Å²) in [4.78, 5) is 11.6. The number of hydrogen-bond donors (Lipinski definition) is 1. The van der Waals surface area contributed by atoms with Gasteiger partial charge in [0.1, 0.15) is 0 Å². The minimum absolute atomic E-state index is 0.00185.